The molecule has 3 aromatic carbocycles. The highest BCUT2D eigenvalue weighted by Gasteiger charge is 2.24. The second kappa shape index (κ2) is 11.6. The Balaban J connectivity index is 1.80. The van der Waals surface area contributed by atoms with E-state index in [2.05, 4.69) is 58.5 Å². The summed E-state index contributed by atoms with van der Waals surface area (Å²) in [5.41, 5.74) is 4.40. The minimum Gasteiger partial charge on any atom is -0.497 e. The quantitative estimate of drug-likeness (QED) is 0.313. The Hall–Kier alpha value is -3.77. The number of benzene rings is 3. The Labute approximate surface area is 206 Å². The van der Waals surface area contributed by atoms with Gasteiger partial charge in [0.2, 0.25) is 5.91 Å². The zero-order valence-corrected chi connectivity index (χ0v) is 20.5. The number of fused-ring (bicyclic) bond motifs is 1. The molecule has 0 saturated heterocycles. The molecule has 35 heavy (non-hydrogen) atoms. The molecule has 0 aliphatic rings. The van der Waals surface area contributed by atoms with E-state index >= 15 is 0 Å². The number of methoxy groups -OCH3 is 3. The number of carbonyl (C=O) groups is 1. The van der Waals surface area contributed by atoms with Gasteiger partial charge in [0.15, 0.2) is 0 Å². The van der Waals surface area contributed by atoms with Gasteiger partial charge in [-0.1, -0.05) is 48.5 Å². The molecular formula is C29H32N2O4. The normalized spacial score (nSPS) is 11.9. The summed E-state index contributed by atoms with van der Waals surface area (Å²) in [4.78, 5) is 13.0. The number of nitrogens with one attached hydrogen (secondary N) is 1. The number of rotatable bonds is 11. The zero-order valence-electron chi connectivity index (χ0n) is 20.5. The van der Waals surface area contributed by atoms with Crippen LogP contribution in [0.25, 0.3) is 10.9 Å². The molecule has 0 unspecified atom stereocenters. The number of amides is 1. The number of para-hydroxylation sites is 1. The van der Waals surface area contributed by atoms with Crippen molar-refractivity contribution in [3.8, 4) is 11.5 Å². The average Bonchev–Trinajstić information content (AvgIpc) is 3.25. The van der Waals surface area contributed by atoms with Crippen molar-refractivity contribution in [2.24, 2.45) is 0 Å². The number of hydrogen-bond acceptors (Lipinski definition) is 4. The van der Waals surface area contributed by atoms with E-state index in [1.165, 1.54) is 5.56 Å². The third kappa shape index (κ3) is 5.84. The summed E-state index contributed by atoms with van der Waals surface area (Å²) < 4.78 is 18.4. The van der Waals surface area contributed by atoms with Gasteiger partial charge in [-0.15, -0.1) is 0 Å². The summed E-state index contributed by atoms with van der Waals surface area (Å²) in [6.45, 7) is 1.69. The number of hydrogen-bond donors (Lipinski definition) is 1. The van der Waals surface area contributed by atoms with Crippen LogP contribution in [0.15, 0.2) is 79.0 Å². The first-order valence-corrected chi connectivity index (χ1v) is 11.7. The molecule has 4 aromatic rings. The van der Waals surface area contributed by atoms with E-state index in [9.17, 15) is 4.79 Å². The second-order valence-electron chi connectivity index (χ2n) is 8.46. The monoisotopic (exact) mass is 472 g/mol. The summed E-state index contributed by atoms with van der Waals surface area (Å²) in [5, 5.41) is 4.10. The lowest BCUT2D eigenvalue weighted by Gasteiger charge is -2.19. The molecule has 0 saturated carbocycles. The van der Waals surface area contributed by atoms with Crippen molar-refractivity contribution in [1.82, 2.24) is 9.88 Å². The van der Waals surface area contributed by atoms with Gasteiger partial charge in [-0.3, -0.25) is 4.79 Å². The van der Waals surface area contributed by atoms with Gasteiger partial charge in [0.1, 0.15) is 11.5 Å². The fourth-order valence-corrected chi connectivity index (χ4v) is 4.45. The molecule has 4 rings (SSSR count). The van der Waals surface area contributed by atoms with E-state index in [4.69, 9.17) is 14.2 Å². The fourth-order valence-electron chi connectivity index (χ4n) is 4.45. The Bertz CT molecular complexity index is 1240. The zero-order chi connectivity index (χ0) is 24.6. The standard InChI is InChI=1S/C29H32N2O4/c1-33-14-13-30-29(32)18-26(22-15-23(34-2)17-24(16-22)35-3)27-20-31(19-21-9-5-4-6-10-21)28-12-8-7-11-25(27)28/h4-12,15-17,20,26H,13-14,18-19H2,1-3H3,(H,30,32)/t26-/m0/s1. The molecular weight excluding hydrogens is 440 g/mol. The van der Waals surface area contributed by atoms with Gasteiger partial charge < -0.3 is 24.1 Å². The molecule has 1 atom stereocenters. The molecule has 0 aliphatic carbocycles. The van der Waals surface area contributed by atoms with Crippen molar-refractivity contribution in [2.45, 2.75) is 18.9 Å². The lowest BCUT2D eigenvalue weighted by Crippen LogP contribution is -2.28. The lowest BCUT2D eigenvalue weighted by molar-refractivity contribution is -0.121. The second-order valence-corrected chi connectivity index (χ2v) is 8.46. The van der Waals surface area contributed by atoms with Gasteiger partial charge in [0.25, 0.3) is 0 Å². The Morgan fingerprint density at radius 2 is 1.60 bits per heavy atom. The van der Waals surface area contributed by atoms with E-state index in [0.717, 1.165) is 28.6 Å². The fraction of sp³-hybridized carbons (Fsp3) is 0.276. The first kappa shape index (κ1) is 24.4. The number of aromatic nitrogens is 1. The lowest BCUT2D eigenvalue weighted by atomic mass is 9.87. The molecule has 0 bridgehead atoms. The van der Waals surface area contributed by atoms with Gasteiger partial charge in [-0.2, -0.15) is 0 Å². The minimum atomic E-state index is -0.191. The van der Waals surface area contributed by atoms with Crippen LogP contribution in [0.1, 0.15) is 29.0 Å². The largest absolute Gasteiger partial charge is 0.497 e. The molecule has 1 amide bonds. The van der Waals surface area contributed by atoms with Crippen molar-refractivity contribution < 1.29 is 19.0 Å². The van der Waals surface area contributed by atoms with Crippen molar-refractivity contribution in [1.29, 1.82) is 0 Å². The number of carbonyl (C=O) groups excluding carboxylic acids is 1. The highest BCUT2D eigenvalue weighted by atomic mass is 16.5. The van der Waals surface area contributed by atoms with E-state index in [1.54, 1.807) is 21.3 Å². The predicted octanol–water partition coefficient (Wildman–Crippen LogP) is 4.99. The van der Waals surface area contributed by atoms with Crippen LogP contribution in [0.5, 0.6) is 11.5 Å². The summed E-state index contributed by atoms with van der Waals surface area (Å²) >= 11 is 0. The Morgan fingerprint density at radius 1 is 0.914 bits per heavy atom. The predicted molar refractivity (Wildman–Crippen MR) is 138 cm³/mol. The summed E-state index contributed by atoms with van der Waals surface area (Å²) in [6.07, 6.45) is 2.47. The smallest absolute Gasteiger partial charge is 0.221 e. The molecule has 6 heteroatoms. The van der Waals surface area contributed by atoms with Crippen LogP contribution in [0.3, 0.4) is 0 Å². The van der Waals surface area contributed by atoms with Crippen molar-refractivity contribution >= 4 is 16.8 Å². The van der Waals surface area contributed by atoms with Crippen LogP contribution < -0.4 is 14.8 Å². The maximum absolute atomic E-state index is 13.0. The van der Waals surface area contributed by atoms with Gasteiger partial charge in [-0.05, 0) is 34.9 Å². The molecule has 182 valence electrons. The minimum absolute atomic E-state index is 0.0336. The summed E-state index contributed by atoms with van der Waals surface area (Å²) in [6, 6.07) is 24.5. The first-order valence-electron chi connectivity index (χ1n) is 11.7. The third-order valence-corrected chi connectivity index (χ3v) is 6.18. The van der Waals surface area contributed by atoms with Crippen molar-refractivity contribution in [3.05, 3.63) is 95.7 Å². The topological polar surface area (TPSA) is 61.7 Å². The van der Waals surface area contributed by atoms with Crippen LogP contribution in [-0.4, -0.2) is 45.0 Å². The molecule has 1 aromatic heterocycles. The first-order chi connectivity index (χ1) is 17.1. The Kier molecular flexibility index (Phi) is 8.06. The molecule has 0 spiro atoms. The number of nitrogens with zero attached hydrogens (tertiary/aromatic N) is 1. The number of ether oxygens (including phenoxy) is 3. The SMILES string of the molecule is COCCNC(=O)C[C@@H](c1cc(OC)cc(OC)c1)c1cn(Cc2ccccc2)c2ccccc12. The van der Waals surface area contributed by atoms with Crippen LogP contribution >= 0.6 is 0 Å². The van der Waals surface area contributed by atoms with Crippen LogP contribution in [0, 0.1) is 0 Å². The van der Waals surface area contributed by atoms with Gasteiger partial charge in [0.05, 0.1) is 20.8 Å². The van der Waals surface area contributed by atoms with Crippen LogP contribution in [-0.2, 0) is 16.1 Å². The van der Waals surface area contributed by atoms with E-state index in [1.807, 2.05) is 30.3 Å². The molecule has 1 heterocycles. The Morgan fingerprint density at radius 3 is 2.29 bits per heavy atom. The third-order valence-electron chi connectivity index (χ3n) is 6.18. The van der Waals surface area contributed by atoms with Crippen LogP contribution in [0.2, 0.25) is 0 Å². The maximum atomic E-state index is 13.0. The van der Waals surface area contributed by atoms with Crippen LogP contribution in [0.4, 0.5) is 0 Å². The van der Waals surface area contributed by atoms with E-state index in [-0.39, 0.29) is 11.8 Å². The molecule has 0 radical (unpaired) electrons. The van der Waals surface area contributed by atoms with E-state index < -0.39 is 0 Å². The highest BCUT2D eigenvalue weighted by Crippen LogP contribution is 2.38. The van der Waals surface area contributed by atoms with Gasteiger partial charge >= 0.3 is 0 Å². The van der Waals surface area contributed by atoms with E-state index in [0.29, 0.717) is 31.1 Å². The highest BCUT2D eigenvalue weighted by molar-refractivity contribution is 5.87. The molecule has 0 aliphatic heterocycles. The molecule has 1 N–H and O–H groups in total. The van der Waals surface area contributed by atoms with Crippen molar-refractivity contribution in [2.75, 3.05) is 34.5 Å². The van der Waals surface area contributed by atoms with Crippen molar-refractivity contribution in [3.63, 3.8) is 0 Å². The average molecular weight is 473 g/mol. The summed E-state index contributed by atoms with van der Waals surface area (Å²) in [5.74, 6) is 1.16. The maximum Gasteiger partial charge on any atom is 0.221 e. The molecule has 0 fully saturated rings. The van der Waals surface area contributed by atoms with Gasteiger partial charge in [0, 0.05) is 55.7 Å². The molecule has 6 nitrogen and oxygen atoms in total. The van der Waals surface area contributed by atoms with Gasteiger partial charge in [-0.25, -0.2) is 0 Å². The summed E-state index contributed by atoms with van der Waals surface area (Å²) in [7, 11) is 4.90.